The molecule has 3 heteroatoms. The minimum Gasteiger partial charge on any atom is -0.344 e. The zero-order valence-corrected chi connectivity index (χ0v) is 21.1. The van der Waals surface area contributed by atoms with Gasteiger partial charge in [0.05, 0.1) is 11.0 Å². The number of aromatic nitrogens is 3. The number of hydrogen-bond donors (Lipinski definition) is 0. The SMILES string of the molecule is CCn1c2ccccc2c2ccc3c4ccccc4n(Cc4ccc5c(c4)c4ccccc4n5C)c3c21. The van der Waals surface area contributed by atoms with Crippen LogP contribution in [0.4, 0.5) is 0 Å². The first kappa shape index (κ1) is 20.7. The average Bonchev–Trinajstić information content (AvgIpc) is 3.55. The Hall–Kier alpha value is -4.50. The van der Waals surface area contributed by atoms with Crippen molar-refractivity contribution in [2.24, 2.45) is 7.05 Å². The number of aryl methyl sites for hydroxylation is 2. The molecule has 5 aromatic carbocycles. The predicted molar refractivity (Wildman–Crippen MR) is 158 cm³/mol. The van der Waals surface area contributed by atoms with E-state index in [0.717, 1.165) is 13.1 Å². The average molecular weight is 478 g/mol. The predicted octanol–water partition coefficient (Wildman–Crippen LogP) is 8.62. The molecule has 0 N–H and O–H groups in total. The fourth-order valence-electron chi connectivity index (χ4n) is 6.66. The van der Waals surface area contributed by atoms with Crippen molar-refractivity contribution in [3.8, 4) is 0 Å². The Bertz CT molecular complexity index is 2170. The Morgan fingerprint density at radius 2 is 1.00 bits per heavy atom. The van der Waals surface area contributed by atoms with Crippen molar-refractivity contribution in [2.45, 2.75) is 20.0 Å². The van der Waals surface area contributed by atoms with E-state index in [2.05, 4.69) is 131 Å². The van der Waals surface area contributed by atoms with Crippen LogP contribution in [0.25, 0.3) is 65.4 Å². The molecule has 3 aromatic heterocycles. The fraction of sp³-hybridized carbons (Fsp3) is 0.118. The number of hydrogen-bond acceptors (Lipinski definition) is 0. The summed E-state index contributed by atoms with van der Waals surface area (Å²) in [6.45, 7) is 4.02. The van der Waals surface area contributed by atoms with Gasteiger partial charge < -0.3 is 13.7 Å². The fourth-order valence-corrected chi connectivity index (χ4v) is 6.66. The third-order valence-electron chi connectivity index (χ3n) is 8.30. The molecular formula is C34H27N3. The van der Waals surface area contributed by atoms with Crippen LogP contribution in [0.1, 0.15) is 12.5 Å². The Morgan fingerprint density at radius 3 is 1.65 bits per heavy atom. The molecule has 0 unspecified atom stereocenters. The molecule has 8 rings (SSSR count). The largest absolute Gasteiger partial charge is 0.344 e. The van der Waals surface area contributed by atoms with Crippen molar-refractivity contribution in [3.05, 3.63) is 109 Å². The number of benzene rings is 5. The Kier molecular flexibility index (Phi) is 4.19. The summed E-state index contributed by atoms with van der Waals surface area (Å²) < 4.78 is 7.35. The van der Waals surface area contributed by atoms with E-state index in [4.69, 9.17) is 0 Å². The minimum atomic E-state index is 0.827. The van der Waals surface area contributed by atoms with Gasteiger partial charge in [0, 0.05) is 74.5 Å². The highest BCUT2D eigenvalue weighted by Gasteiger charge is 2.19. The first-order valence-corrected chi connectivity index (χ1v) is 13.1. The van der Waals surface area contributed by atoms with Crippen LogP contribution in [0, 0.1) is 0 Å². The smallest absolute Gasteiger partial charge is 0.0742 e. The van der Waals surface area contributed by atoms with Crippen molar-refractivity contribution in [1.82, 2.24) is 13.7 Å². The number of rotatable bonds is 3. The zero-order valence-electron chi connectivity index (χ0n) is 21.1. The van der Waals surface area contributed by atoms with Crippen molar-refractivity contribution in [2.75, 3.05) is 0 Å². The highest BCUT2D eigenvalue weighted by Crippen LogP contribution is 2.39. The van der Waals surface area contributed by atoms with Gasteiger partial charge in [-0.05, 0) is 42.8 Å². The summed E-state index contributed by atoms with van der Waals surface area (Å²) in [6, 6.07) is 38.1. The molecule has 0 fully saturated rings. The van der Waals surface area contributed by atoms with Crippen molar-refractivity contribution in [3.63, 3.8) is 0 Å². The molecule has 3 heterocycles. The van der Waals surface area contributed by atoms with Gasteiger partial charge in [-0.1, -0.05) is 72.8 Å². The molecule has 0 saturated carbocycles. The highest BCUT2D eigenvalue weighted by atomic mass is 15.0. The van der Waals surface area contributed by atoms with E-state index >= 15 is 0 Å². The van der Waals surface area contributed by atoms with Gasteiger partial charge in [0.15, 0.2) is 0 Å². The zero-order chi connectivity index (χ0) is 24.7. The van der Waals surface area contributed by atoms with Crippen LogP contribution >= 0.6 is 0 Å². The first-order valence-electron chi connectivity index (χ1n) is 13.1. The molecule has 0 aliphatic heterocycles. The summed E-state index contributed by atoms with van der Waals surface area (Å²) in [7, 11) is 2.16. The summed E-state index contributed by atoms with van der Waals surface area (Å²) in [6.07, 6.45) is 0. The molecule has 3 nitrogen and oxygen atoms in total. The molecule has 0 aliphatic carbocycles. The van der Waals surface area contributed by atoms with Gasteiger partial charge in [-0.2, -0.15) is 0 Å². The molecule has 8 aromatic rings. The quantitative estimate of drug-likeness (QED) is 0.242. The second-order valence-electron chi connectivity index (χ2n) is 10.2. The maximum absolute atomic E-state index is 2.55. The van der Waals surface area contributed by atoms with Crippen LogP contribution in [-0.2, 0) is 20.1 Å². The summed E-state index contributed by atoms with van der Waals surface area (Å²) in [5.41, 5.74) is 9.14. The summed E-state index contributed by atoms with van der Waals surface area (Å²) in [5, 5.41) is 7.95. The summed E-state index contributed by atoms with van der Waals surface area (Å²) in [4.78, 5) is 0. The van der Waals surface area contributed by atoms with Crippen molar-refractivity contribution >= 4 is 65.4 Å². The van der Waals surface area contributed by atoms with Gasteiger partial charge in [-0.3, -0.25) is 0 Å². The van der Waals surface area contributed by atoms with E-state index in [1.807, 2.05) is 0 Å². The third kappa shape index (κ3) is 2.71. The lowest BCUT2D eigenvalue weighted by Crippen LogP contribution is -2.02. The highest BCUT2D eigenvalue weighted by molar-refractivity contribution is 6.22. The van der Waals surface area contributed by atoms with Gasteiger partial charge in [0.2, 0.25) is 0 Å². The molecule has 0 spiro atoms. The number of fused-ring (bicyclic) bond motifs is 10. The monoisotopic (exact) mass is 477 g/mol. The minimum absolute atomic E-state index is 0.827. The maximum Gasteiger partial charge on any atom is 0.0742 e. The van der Waals surface area contributed by atoms with Crippen LogP contribution in [0.15, 0.2) is 103 Å². The van der Waals surface area contributed by atoms with E-state index < -0.39 is 0 Å². The molecule has 0 atom stereocenters. The summed E-state index contributed by atoms with van der Waals surface area (Å²) in [5.74, 6) is 0. The third-order valence-corrected chi connectivity index (χ3v) is 8.30. The molecule has 0 aliphatic rings. The maximum atomic E-state index is 2.55. The van der Waals surface area contributed by atoms with Gasteiger partial charge in [-0.25, -0.2) is 0 Å². The van der Waals surface area contributed by atoms with Gasteiger partial charge in [-0.15, -0.1) is 0 Å². The van der Waals surface area contributed by atoms with Crippen LogP contribution in [0.5, 0.6) is 0 Å². The Morgan fingerprint density at radius 1 is 0.486 bits per heavy atom. The van der Waals surface area contributed by atoms with E-state index in [-0.39, 0.29) is 0 Å². The molecule has 178 valence electrons. The molecule has 0 amide bonds. The van der Waals surface area contributed by atoms with E-state index in [1.54, 1.807) is 0 Å². The number of para-hydroxylation sites is 3. The van der Waals surface area contributed by atoms with Gasteiger partial charge in [0.25, 0.3) is 0 Å². The molecule has 0 radical (unpaired) electrons. The second kappa shape index (κ2) is 7.50. The number of nitrogens with zero attached hydrogens (tertiary/aromatic N) is 3. The molecule has 0 bridgehead atoms. The lowest BCUT2D eigenvalue weighted by molar-refractivity contribution is 0.820. The lowest BCUT2D eigenvalue weighted by Gasteiger charge is -2.11. The van der Waals surface area contributed by atoms with E-state index in [0.29, 0.717) is 0 Å². The molecule has 0 saturated heterocycles. The van der Waals surface area contributed by atoms with Crippen LogP contribution < -0.4 is 0 Å². The van der Waals surface area contributed by atoms with Gasteiger partial charge in [0.1, 0.15) is 0 Å². The Labute approximate surface area is 214 Å². The van der Waals surface area contributed by atoms with Crippen molar-refractivity contribution < 1.29 is 0 Å². The topological polar surface area (TPSA) is 14.8 Å². The van der Waals surface area contributed by atoms with E-state index in [1.165, 1.54) is 71.0 Å². The first-order chi connectivity index (χ1) is 18.2. The van der Waals surface area contributed by atoms with Crippen LogP contribution in [0.3, 0.4) is 0 Å². The normalized spacial score (nSPS) is 12.3. The summed E-state index contributed by atoms with van der Waals surface area (Å²) >= 11 is 0. The standard InChI is InChI=1S/C34H27N3/c1-3-36-31-14-8-5-10-23(31)26-17-18-27-24-11-6-9-15-32(24)37(34(27)33(26)36)21-22-16-19-30-28(20-22)25-12-4-7-13-29(25)35(30)2/h4-20H,3,21H2,1-2H3. The Balaban J connectivity index is 1.46. The van der Waals surface area contributed by atoms with Crippen LogP contribution in [0.2, 0.25) is 0 Å². The molecular weight excluding hydrogens is 450 g/mol. The van der Waals surface area contributed by atoms with Crippen LogP contribution in [-0.4, -0.2) is 13.7 Å². The lowest BCUT2D eigenvalue weighted by atomic mass is 10.1. The van der Waals surface area contributed by atoms with Gasteiger partial charge >= 0.3 is 0 Å². The van der Waals surface area contributed by atoms with Crippen molar-refractivity contribution in [1.29, 1.82) is 0 Å². The second-order valence-corrected chi connectivity index (χ2v) is 10.2. The molecule has 37 heavy (non-hydrogen) atoms. The van der Waals surface area contributed by atoms with E-state index in [9.17, 15) is 0 Å².